The molecule has 0 aliphatic heterocycles. The van der Waals surface area contributed by atoms with Gasteiger partial charge in [0.1, 0.15) is 0 Å². The van der Waals surface area contributed by atoms with Gasteiger partial charge in [-0.15, -0.1) is 0 Å². The molecule has 5 heteroatoms. The Labute approximate surface area is 81.6 Å². The number of allylic oxidation sites excluding steroid dienone is 4. The van der Waals surface area contributed by atoms with Crippen LogP contribution in [-0.2, 0) is 4.79 Å². The molecule has 1 aliphatic rings. The minimum atomic E-state index is -0.456. The van der Waals surface area contributed by atoms with E-state index < -0.39 is 4.92 Å². The molecule has 1 amide bonds. The van der Waals surface area contributed by atoms with Gasteiger partial charge in [0.25, 0.3) is 0 Å². The van der Waals surface area contributed by atoms with Crippen LogP contribution in [0.2, 0.25) is 0 Å². The fourth-order valence-electron chi connectivity index (χ4n) is 1.04. The van der Waals surface area contributed by atoms with E-state index >= 15 is 0 Å². The molecular weight excluding hydrogens is 184 g/mol. The largest absolute Gasteiger partial charge is 0.332 e. The first-order valence-corrected chi connectivity index (χ1v) is 4.38. The second kappa shape index (κ2) is 4.55. The van der Waals surface area contributed by atoms with E-state index in [1.54, 1.807) is 6.08 Å². The molecule has 1 fully saturated rings. The summed E-state index contributed by atoms with van der Waals surface area (Å²) in [4.78, 5) is 20.0. The Kier molecular flexibility index (Phi) is 3.39. The van der Waals surface area contributed by atoms with Crippen molar-refractivity contribution < 1.29 is 9.72 Å². The van der Waals surface area contributed by atoms with Gasteiger partial charge in [-0.3, -0.25) is 14.9 Å². The summed E-state index contributed by atoms with van der Waals surface area (Å²) < 4.78 is 0. The summed E-state index contributed by atoms with van der Waals surface area (Å²) in [6.45, 7) is 1.42. The molecule has 0 spiro atoms. The molecule has 0 aromatic heterocycles. The topological polar surface area (TPSA) is 72.2 Å². The maximum absolute atomic E-state index is 10.3. The van der Waals surface area contributed by atoms with Gasteiger partial charge in [0.15, 0.2) is 0 Å². The van der Waals surface area contributed by atoms with E-state index in [1.165, 1.54) is 13.0 Å². The lowest BCUT2D eigenvalue weighted by Crippen LogP contribution is -2.11. The van der Waals surface area contributed by atoms with Gasteiger partial charge in [-0.2, -0.15) is 0 Å². The third-order valence-corrected chi connectivity index (χ3v) is 2.03. The van der Waals surface area contributed by atoms with Crippen LogP contribution in [-0.4, -0.2) is 11.3 Å². The van der Waals surface area contributed by atoms with Gasteiger partial charge in [0.05, 0.1) is 4.92 Å². The van der Waals surface area contributed by atoms with Crippen molar-refractivity contribution in [2.75, 3.05) is 0 Å². The van der Waals surface area contributed by atoms with E-state index in [1.807, 2.05) is 0 Å². The van der Waals surface area contributed by atoms with Crippen LogP contribution in [0.4, 0.5) is 0 Å². The molecule has 1 rings (SSSR count). The molecule has 0 radical (unpaired) electrons. The normalized spacial score (nSPS) is 17.8. The zero-order valence-electron chi connectivity index (χ0n) is 7.90. The Morgan fingerprint density at radius 2 is 2.14 bits per heavy atom. The van der Waals surface area contributed by atoms with Crippen molar-refractivity contribution in [3.05, 3.63) is 33.7 Å². The van der Waals surface area contributed by atoms with Crippen molar-refractivity contribution >= 4 is 6.41 Å². The molecule has 0 aromatic rings. The van der Waals surface area contributed by atoms with Crippen LogP contribution in [0.5, 0.6) is 0 Å². The smallest absolute Gasteiger partial charge is 0.243 e. The highest BCUT2D eigenvalue weighted by Crippen LogP contribution is 2.34. The average Bonchev–Trinajstić information content (AvgIpc) is 2.94. The van der Waals surface area contributed by atoms with Crippen LogP contribution in [0.15, 0.2) is 23.5 Å². The van der Waals surface area contributed by atoms with Crippen LogP contribution in [0.25, 0.3) is 0 Å². The lowest BCUT2D eigenvalue weighted by Gasteiger charge is -2.00. The predicted molar refractivity (Wildman–Crippen MR) is 50.8 cm³/mol. The summed E-state index contributed by atoms with van der Waals surface area (Å²) in [6.07, 6.45) is 5.68. The number of carbonyl (C=O) groups excluding carboxylic acids is 1. The number of amides is 1. The molecule has 14 heavy (non-hydrogen) atoms. The Bertz CT molecular complexity index is 303. The van der Waals surface area contributed by atoms with Crippen molar-refractivity contribution in [3.63, 3.8) is 0 Å². The summed E-state index contributed by atoms with van der Waals surface area (Å²) >= 11 is 0. The number of rotatable bonds is 5. The van der Waals surface area contributed by atoms with Crippen molar-refractivity contribution in [1.82, 2.24) is 5.32 Å². The van der Waals surface area contributed by atoms with E-state index in [0.717, 1.165) is 18.5 Å². The van der Waals surface area contributed by atoms with Crippen LogP contribution in [0.3, 0.4) is 0 Å². The lowest BCUT2D eigenvalue weighted by atomic mass is 10.2. The van der Waals surface area contributed by atoms with Crippen LogP contribution < -0.4 is 5.32 Å². The second-order valence-corrected chi connectivity index (χ2v) is 3.22. The monoisotopic (exact) mass is 196 g/mol. The van der Waals surface area contributed by atoms with Gasteiger partial charge < -0.3 is 5.32 Å². The summed E-state index contributed by atoms with van der Waals surface area (Å²) in [5, 5.41) is 12.8. The summed E-state index contributed by atoms with van der Waals surface area (Å²) in [5.74, 6) is 0.371. The van der Waals surface area contributed by atoms with Gasteiger partial charge in [-0.05, 0) is 24.8 Å². The van der Waals surface area contributed by atoms with Gasteiger partial charge >= 0.3 is 0 Å². The average molecular weight is 196 g/mol. The van der Waals surface area contributed by atoms with E-state index in [-0.39, 0.29) is 5.70 Å². The minimum Gasteiger partial charge on any atom is -0.332 e. The molecule has 5 nitrogen and oxygen atoms in total. The molecule has 0 bridgehead atoms. The molecular formula is C9H12N2O3. The number of nitrogens with one attached hydrogen (secondary N) is 1. The summed E-state index contributed by atoms with van der Waals surface area (Å²) in [7, 11) is 0. The first-order chi connectivity index (χ1) is 6.65. The molecule has 1 aliphatic carbocycles. The van der Waals surface area contributed by atoms with Crippen molar-refractivity contribution in [3.8, 4) is 0 Å². The maximum Gasteiger partial charge on any atom is 0.243 e. The summed E-state index contributed by atoms with van der Waals surface area (Å²) in [6, 6.07) is 0. The first-order valence-electron chi connectivity index (χ1n) is 4.38. The zero-order valence-corrected chi connectivity index (χ0v) is 7.90. The molecule has 0 aromatic carbocycles. The van der Waals surface area contributed by atoms with E-state index in [0.29, 0.717) is 12.3 Å². The number of hydrogen-bond acceptors (Lipinski definition) is 3. The molecule has 0 atom stereocenters. The number of nitrogens with zero attached hydrogens (tertiary/aromatic N) is 1. The second-order valence-electron chi connectivity index (χ2n) is 3.22. The third-order valence-electron chi connectivity index (χ3n) is 2.03. The van der Waals surface area contributed by atoms with E-state index in [9.17, 15) is 14.9 Å². The highest BCUT2D eigenvalue weighted by Gasteiger charge is 2.25. The van der Waals surface area contributed by atoms with Gasteiger partial charge in [-0.1, -0.05) is 0 Å². The predicted octanol–water partition coefficient (Wildman–Crippen LogP) is 1.21. The maximum atomic E-state index is 10.3. The summed E-state index contributed by atoms with van der Waals surface area (Å²) in [5.41, 5.74) is 0.831. The molecule has 0 unspecified atom stereocenters. The number of hydrogen-bond donors (Lipinski definition) is 1. The molecule has 0 heterocycles. The van der Waals surface area contributed by atoms with E-state index in [2.05, 4.69) is 5.32 Å². The van der Waals surface area contributed by atoms with Gasteiger partial charge in [0, 0.05) is 18.7 Å². The zero-order chi connectivity index (χ0) is 10.6. The fourth-order valence-corrected chi connectivity index (χ4v) is 1.04. The number of carbonyl (C=O) groups is 1. The highest BCUT2D eigenvalue weighted by molar-refractivity contribution is 5.51. The third kappa shape index (κ3) is 3.01. The van der Waals surface area contributed by atoms with E-state index in [4.69, 9.17) is 0 Å². The SMILES string of the molecule is C/C(=C\C=C(/NC=O)C1CC1)[N+](=O)[O-]. The first kappa shape index (κ1) is 10.4. The highest BCUT2D eigenvalue weighted by atomic mass is 16.6. The van der Waals surface area contributed by atoms with Gasteiger partial charge in [-0.25, -0.2) is 0 Å². The molecule has 0 saturated heterocycles. The van der Waals surface area contributed by atoms with Crippen molar-refractivity contribution in [1.29, 1.82) is 0 Å². The van der Waals surface area contributed by atoms with Gasteiger partial charge in [0.2, 0.25) is 12.1 Å². The Balaban J connectivity index is 2.66. The molecule has 76 valence electrons. The fraction of sp³-hybridized carbons (Fsp3) is 0.444. The van der Waals surface area contributed by atoms with Crippen molar-refractivity contribution in [2.24, 2.45) is 5.92 Å². The quantitative estimate of drug-likeness (QED) is 0.311. The van der Waals surface area contributed by atoms with Crippen LogP contribution in [0, 0.1) is 16.0 Å². The molecule has 1 N–H and O–H groups in total. The Morgan fingerprint density at radius 3 is 2.57 bits per heavy atom. The van der Waals surface area contributed by atoms with Crippen molar-refractivity contribution in [2.45, 2.75) is 19.8 Å². The lowest BCUT2D eigenvalue weighted by molar-refractivity contribution is -0.424. The Morgan fingerprint density at radius 1 is 1.50 bits per heavy atom. The minimum absolute atomic E-state index is 0.0656. The standard InChI is InChI=1S/C9H12N2O3/c1-7(11(13)14)2-5-9(10-6-12)8-3-4-8/h2,5-6,8H,3-4H2,1H3,(H,10,12)/b7-2+,9-5-. The van der Waals surface area contributed by atoms with Crippen LogP contribution in [0.1, 0.15) is 19.8 Å². The molecule has 1 saturated carbocycles. The number of nitro groups is 1. The van der Waals surface area contributed by atoms with Crippen LogP contribution >= 0.6 is 0 Å². The Hall–Kier alpha value is -1.65.